The molecular formula is C20H31N3O4S. The first kappa shape index (κ1) is 21.0. The molecule has 2 saturated carbocycles. The molecule has 0 saturated heterocycles. The van der Waals surface area contributed by atoms with Gasteiger partial charge in [0, 0.05) is 19.3 Å². The van der Waals surface area contributed by atoms with Crippen LogP contribution in [-0.4, -0.2) is 30.7 Å². The lowest BCUT2D eigenvalue weighted by Gasteiger charge is -2.38. The van der Waals surface area contributed by atoms with E-state index in [1.807, 2.05) is 0 Å². The molecule has 2 aliphatic carbocycles. The number of aryl methyl sites for hydroxylation is 1. The quantitative estimate of drug-likeness (QED) is 0.555. The minimum atomic E-state index is -3.93. The first-order valence-corrected chi connectivity index (χ1v) is 11.9. The smallest absolute Gasteiger partial charge is 0.294 e. The van der Waals surface area contributed by atoms with E-state index in [0.29, 0.717) is 11.8 Å². The summed E-state index contributed by atoms with van der Waals surface area (Å²) in [5.41, 5.74) is 0.0348. The maximum absolute atomic E-state index is 12.8. The number of nitrogens with two attached hydrogens (primary N) is 1. The van der Waals surface area contributed by atoms with Crippen LogP contribution < -0.4 is 10.5 Å². The van der Waals surface area contributed by atoms with Crippen LogP contribution in [0.1, 0.15) is 74.7 Å². The number of amides is 1. The molecule has 2 fully saturated rings. The topological polar surface area (TPSA) is 111 Å². The Morgan fingerprint density at radius 3 is 1.96 bits per heavy atom. The van der Waals surface area contributed by atoms with E-state index in [-0.39, 0.29) is 16.6 Å². The van der Waals surface area contributed by atoms with Gasteiger partial charge in [-0.1, -0.05) is 38.5 Å². The molecule has 3 rings (SSSR count). The van der Waals surface area contributed by atoms with Gasteiger partial charge in [-0.15, -0.1) is 0 Å². The largest absolute Gasteiger partial charge is 0.346 e. The molecule has 0 spiro atoms. The second kappa shape index (κ2) is 8.78. The van der Waals surface area contributed by atoms with E-state index in [1.165, 1.54) is 62.4 Å². The lowest BCUT2D eigenvalue weighted by atomic mass is 9.73. The Hall–Kier alpha value is -1.67. The number of ketones is 1. The molecule has 7 nitrogen and oxygen atoms in total. The Morgan fingerprint density at radius 2 is 1.54 bits per heavy atom. The maximum atomic E-state index is 12.8. The Balaban J connectivity index is 1.77. The molecule has 156 valence electrons. The van der Waals surface area contributed by atoms with E-state index >= 15 is 0 Å². The number of primary sulfonamides is 1. The van der Waals surface area contributed by atoms with Crippen molar-refractivity contribution >= 4 is 21.7 Å². The first-order valence-electron chi connectivity index (χ1n) is 10.3. The number of nitrogens with one attached hydrogen (secondary N) is 1. The molecule has 1 amide bonds. The van der Waals surface area contributed by atoms with Crippen LogP contribution in [0.4, 0.5) is 0 Å². The van der Waals surface area contributed by atoms with Crippen LogP contribution in [0.2, 0.25) is 0 Å². The molecule has 8 heteroatoms. The number of aromatic nitrogens is 1. The molecule has 0 aromatic carbocycles. The zero-order valence-electron chi connectivity index (χ0n) is 16.5. The second-order valence-corrected chi connectivity index (χ2v) is 9.90. The number of rotatable bonds is 6. The summed E-state index contributed by atoms with van der Waals surface area (Å²) in [5.74, 6) is -0.527. The normalized spacial score (nSPS) is 19.7. The molecule has 1 aromatic heterocycles. The molecule has 3 N–H and O–H groups in total. The van der Waals surface area contributed by atoms with Crippen molar-refractivity contribution in [3.8, 4) is 0 Å². The second-order valence-electron chi connectivity index (χ2n) is 8.34. The zero-order valence-corrected chi connectivity index (χ0v) is 17.3. The highest BCUT2D eigenvalue weighted by atomic mass is 32.2. The lowest BCUT2D eigenvalue weighted by Crippen LogP contribution is -2.49. The van der Waals surface area contributed by atoms with Gasteiger partial charge in [0.2, 0.25) is 10.0 Å². The van der Waals surface area contributed by atoms with Crippen LogP contribution >= 0.6 is 0 Å². The number of Topliss-reactive ketones (excluding diaryl/α,β-unsaturated/α-hetero) is 1. The van der Waals surface area contributed by atoms with Crippen LogP contribution in [0.5, 0.6) is 0 Å². The molecule has 0 atom stereocenters. The number of carbonyl (C=O) groups is 2. The number of hydrogen-bond acceptors (Lipinski definition) is 4. The summed E-state index contributed by atoms with van der Waals surface area (Å²) in [4.78, 5) is 25.4. The molecule has 28 heavy (non-hydrogen) atoms. The van der Waals surface area contributed by atoms with Crippen molar-refractivity contribution < 1.29 is 18.0 Å². The monoisotopic (exact) mass is 409 g/mol. The van der Waals surface area contributed by atoms with Gasteiger partial charge in [-0.25, -0.2) is 13.6 Å². The maximum Gasteiger partial charge on any atom is 0.294 e. The molecule has 0 aliphatic heterocycles. The fraction of sp³-hybridized carbons (Fsp3) is 0.700. The Labute approximate surface area is 167 Å². The summed E-state index contributed by atoms with van der Waals surface area (Å²) >= 11 is 0. The van der Waals surface area contributed by atoms with E-state index in [4.69, 9.17) is 5.14 Å². The highest BCUT2D eigenvalue weighted by Crippen LogP contribution is 2.35. The molecule has 0 unspecified atom stereocenters. The van der Waals surface area contributed by atoms with Gasteiger partial charge in [0.15, 0.2) is 0 Å². The average molecular weight is 410 g/mol. The summed E-state index contributed by atoms with van der Waals surface area (Å²) in [6.07, 6.45) is 12.8. The van der Waals surface area contributed by atoms with E-state index < -0.39 is 21.7 Å². The summed E-state index contributed by atoms with van der Waals surface area (Å²) in [5, 5.41) is 8.19. The van der Waals surface area contributed by atoms with E-state index in [9.17, 15) is 18.0 Å². The SMILES string of the molecule is Cn1cc(S(N)(=O)=O)cc1C(=O)C(=O)NC(C1CCCCC1)C1CCCCC1. The predicted molar refractivity (Wildman–Crippen MR) is 106 cm³/mol. The highest BCUT2D eigenvalue weighted by molar-refractivity contribution is 7.89. The number of carbonyl (C=O) groups excluding carboxylic acids is 2. The van der Waals surface area contributed by atoms with Crippen molar-refractivity contribution in [1.29, 1.82) is 0 Å². The van der Waals surface area contributed by atoms with Gasteiger partial charge in [0.25, 0.3) is 11.7 Å². The lowest BCUT2D eigenvalue weighted by molar-refractivity contribution is -0.118. The van der Waals surface area contributed by atoms with Crippen molar-refractivity contribution in [3.05, 3.63) is 18.0 Å². The van der Waals surface area contributed by atoms with Gasteiger partial charge in [-0.05, 0) is 43.6 Å². The molecule has 2 aliphatic rings. The fourth-order valence-electron chi connectivity index (χ4n) is 4.86. The van der Waals surface area contributed by atoms with E-state index in [1.54, 1.807) is 0 Å². The Kier molecular flexibility index (Phi) is 6.60. The summed E-state index contributed by atoms with van der Waals surface area (Å²) < 4.78 is 24.4. The summed E-state index contributed by atoms with van der Waals surface area (Å²) in [6.45, 7) is 0. The number of nitrogens with zero attached hydrogens (tertiary/aromatic N) is 1. The number of sulfonamides is 1. The molecular weight excluding hydrogens is 378 g/mol. The third-order valence-electron chi connectivity index (χ3n) is 6.36. The Morgan fingerprint density at radius 1 is 1.04 bits per heavy atom. The van der Waals surface area contributed by atoms with Crippen LogP contribution in [0.15, 0.2) is 17.2 Å². The fourth-order valence-corrected chi connectivity index (χ4v) is 5.44. The highest BCUT2D eigenvalue weighted by Gasteiger charge is 2.34. The van der Waals surface area contributed by atoms with Gasteiger partial charge < -0.3 is 9.88 Å². The van der Waals surface area contributed by atoms with Crippen LogP contribution in [0.3, 0.4) is 0 Å². The van der Waals surface area contributed by atoms with Crippen molar-refractivity contribution in [3.63, 3.8) is 0 Å². The number of hydrogen-bond donors (Lipinski definition) is 2. The molecule has 0 bridgehead atoms. The van der Waals surface area contributed by atoms with Crippen molar-refractivity contribution in [2.24, 2.45) is 24.0 Å². The predicted octanol–water partition coefficient (Wildman–Crippen LogP) is 2.50. The third-order valence-corrected chi connectivity index (χ3v) is 7.24. The standard InChI is InChI=1S/C20H31N3O4S/c1-23-13-16(28(21,26)27)12-17(23)19(24)20(25)22-18(14-8-4-2-5-9-14)15-10-6-3-7-11-15/h12-15,18H,2-11H2,1H3,(H,22,25)(H2,21,26,27). The van der Waals surface area contributed by atoms with Gasteiger partial charge in [-0.2, -0.15) is 0 Å². The van der Waals surface area contributed by atoms with Crippen molar-refractivity contribution in [2.75, 3.05) is 0 Å². The molecule has 0 radical (unpaired) electrons. The van der Waals surface area contributed by atoms with Crippen molar-refractivity contribution in [2.45, 2.75) is 75.1 Å². The van der Waals surface area contributed by atoms with Gasteiger partial charge in [-0.3, -0.25) is 9.59 Å². The molecule has 1 heterocycles. The molecule has 1 aromatic rings. The first-order chi connectivity index (χ1) is 13.3. The third kappa shape index (κ3) is 4.84. The summed E-state index contributed by atoms with van der Waals surface area (Å²) in [7, 11) is -2.39. The van der Waals surface area contributed by atoms with Crippen LogP contribution in [0.25, 0.3) is 0 Å². The Bertz CT molecular complexity index is 801. The van der Waals surface area contributed by atoms with Gasteiger partial charge >= 0.3 is 0 Å². The zero-order chi connectivity index (χ0) is 20.3. The average Bonchev–Trinajstić information content (AvgIpc) is 3.09. The summed E-state index contributed by atoms with van der Waals surface area (Å²) in [6, 6.07) is 1.20. The van der Waals surface area contributed by atoms with Gasteiger partial charge in [0.05, 0.1) is 5.69 Å². The minimum Gasteiger partial charge on any atom is -0.346 e. The van der Waals surface area contributed by atoms with Crippen LogP contribution in [-0.2, 0) is 21.9 Å². The van der Waals surface area contributed by atoms with Crippen molar-refractivity contribution in [1.82, 2.24) is 9.88 Å². The van der Waals surface area contributed by atoms with Crippen LogP contribution in [0, 0.1) is 11.8 Å². The minimum absolute atomic E-state index is 0.0232. The van der Waals surface area contributed by atoms with Gasteiger partial charge in [0.1, 0.15) is 4.90 Å². The van der Waals surface area contributed by atoms with E-state index in [2.05, 4.69) is 5.32 Å². The van der Waals surface area contributed by atoms with E-state index in [0.717, 1.165) is 25.7 Å².